The molecule has 18 heavy (non-hydrogen) atoms. The Bertz CT molecular complexity index is 492. The van der Waals surface area contributed by atoms with E-state index in [2.05, 4.69) is 10.3 Å². The topological polar surface area (TPSA) is 88.3 Å². The minimum Gasteiger partial charge on any atom is -0.392 e. The Balaban J connectivity index is 2.14. The Morgan fingerprint density at radius 3 is 2.78 bits per heavy atom. The van der Waals surface area contributed by atoms with Gasteiger partial charge in [0.2, 0.25) is 0 Å². The summed E-state index contributed by atoms with van der Waals surface area (Å²) in [6.07, 6.45) is 1.42. The molecule has 2 atom stereocenters. The molecular weight excluding hydrogens is 258 g/mol. The molecule has 0 aliphatic heterocycles. The average molecular weight is 272 g/mol. The van der Waals surface area contributed by atoms with E-state index in [1.807, 2.05) is 13.8 Å². The van der Waals surface area contributed by atoms with E-state index in [9.17, 15) is 15.2 Å². The van der Waals surface area contributed by atoms with Gasteiger partial charge < -0.3 is 10.4 Å². The Hall–Kier alpha value is -1.40. The molecule has 1 fully saturated rings. The first-order chi connectivity index (χ1) is 8.32. The van der Waals surface area contributed by atoms with Crippen molar-refractivity contribution in [2.75, 3.05) is 5.32 Å². The van der Waals surface area contributed by atoms with Gasteiger partial charge in [0.05, 0.1) is 16.0 Å². The smallest absolute Gasteiger partial charge is 0.289 e. The van der Waals surface area contributed by atoms with Crippen LogP contribution in [0.4, 0.5) is 11.5 Å². The molecule has 0 aromatic carbocycles. The fourth-order valence-electron chi connectivity index (χ4n) is 1.95. The van der Waals surface area contributed by atoms with Gasteiger partial charge in [-0.3, -0.25) is 10.1 Å². The third kappa shape index (κ3) is 2.13. The molecule has 0 saturated heterocycles. The first-order valence-corrected chi connectivity index (χ1v) is 5.94. The third-order valence-corrected chi connectivity index (χ3v) is 3.85. The number of aliphatic hydroxyl groups is 1. The van der Waals surface area contributed by atoms with Gasteiger partial charge >= 0.3 is 0 Å². The van der Waals surface area contributed by atoms with Gasteiger partial charge in [-0.1, -0.05) is 25.4 Å². The number of anilines is 1. The van der Waals surface area contributed by atoms with Crippen molar-refractivity contribution in [1.82, 2.24) is 4.98 Å². The molecule has 1 saturated carbocycles. The van der Waals surface area contributed by atoms with E-state index in [0.717, 1.165) is 6.20 Å². The van der Waals surface area contributed by atoms with Crippen molar-refractivity contribution >= 4 is 23.1 Å². The van der Waals surface area contributed by atoms with E-state index in [1.54, 1.807) is 0 Å². The van der Waals surface area contributed by atoms with Crippen molar-refractivity contribution < 1.29 is 10.0 Å². The predicted molar refractivity (Wildman–Crippen MR) is 67.7 cm³/mol. The lowest BCUT2D eigenvalue weighted by Gasteiger charge is -2.49. The second kappa shape index (κ2) is 4.37. The lowest BCUT2D eigenvalue weighted by atomic mass is 9.64. The molecule has 0 amide bonds. The van der Waals surface area contributed by atoms with Gasteiger partial charge in [-0.25, -0.2) is 4.98 Å². The maximum atomic E-state index is 10.6. The Morgan fingerprint density at radius 1 is 1.67 bits per heavy atom. The largest absolute Gasteiger partial charge is 0.392 e. The molecule has 0 spiro atoms. The van der Waals surface area contributed by atoms with E-state index in [-0.39, 0.29) is 28.3 Å². The minimum atomic E-state index is -0.542. The Kier molecular flexibility index (Phi) is 3.16. The number of hydrogen-bond acceptors (Lipinski definition) is 5. The fraction of sp³-hybridized carbons (Fsp3) is 0.545. The predicted octanol–water partition coefficient (Wildman–Crippen LogP) is 2.21. The van der Waals surface area contributed by atoms with Crippen LogP contribution in [0.25, 0.3) is 0 Å². The molecule has 2 N–H and O–H groups in total. The van der Waals surface area contributed by atoms with E-state index in [0.29, 0.717) is 12.2 Å². The highest BCUT2D eigenvalue weighted by molar-refractivity contribution is 6.33. The SMILES string of the molecule is CC1(C)C(O)CC1Nc1ncc([N+](=O)[O-])cc1Cl. The zero-order chi connectivity index (χ0) is 13.5. The van der Waals surface area contributed by atoms with E-state index < -0.39 is 4.92 Å². The van der Waals surface area contributed by atoms with Crippen LogP contribution in [0.5, 0.6) is 0 Å². The number of hydrogen-bond donors (Lipinski definition) is 2. The van der Waals surface area contributed by atoms with Crippen LogP contribution in [-0.4, -0.2) is 27.2 Å². The molecule has 7 heteroatoms. The summed E-state index contributed by atoms with van der Waals surface area (Å²) in [5.41, 5.74) is -0.397. The van der Waals surface area contributed by atoms with Gasteiger partial charge in [-0.05, 0) is 6.42 Å². The minimum absolute atomic E-state index is 0.0546. The van der Waals surface area contributed by atoms with Crippen molar-refractivity contribution in [3.63, 3.8) is 0 Å². The van der Waals surface area contributed by atoms with E-state index >= 15 is 0 Å². The maximum absolute atomic E-state index is 10.6. The standard InChI is InChI=1S/C11H14ClN3O3/c1-11(2)8(4-9(11)16)14-10-7(12)3-6(5-13-10)15(17)18/h3,5,8-9,16H,4H2,1-2H3,(H,13,14). The van der Waals surface area contributed by atoms with Crippen molar-refractivity contribution in [3.8, 4) is 0 Å². The van der Waals surface area contributed by atoms with Crippen LogP contribution >= 0.6 is 11.6 Å². The third-order valence-electron chi connectivity index (χ3n) is 3.56. The van der Waals surface area contributed by atoms with Crippen LogP contribution in [0.1, 0.15) is 20.3 Å². The monoisotopic (exact) mass is 271 g/mol. The summed E-state index contributed by atoms with van der Waals surface area (Å²) < 4.78 is 0. The van der Waals surface area contributed by atoms with Gasteiger partial charge in [0.1, 0.15) is 12.0 Å². The number of aliphatic hydroxyl groups excluding tert-OH is 1. The van der Waals surface area contributed by atoms with Gasteiger partial charge in [0.15, 0.2) is 0 Å². The average Bonchev–Trinajstić information content (AvgIpc) is 2.30. The fourth-order valence-corrected chi connectivity index (χ4v) is 2.16. The van der Waals surface area contributed by atoms with Crippen LogP contribution < -0.4 is 5.32 Å². The molecule has 0 radical (unpaired) electrons. The number of nitrogens with zero attached hydrogens (tertiary/aromatic N) is 2. The molecule has 2 rings (SSSR count). The zero-order valence-electron chi connectivity index (χ0n) is 10.1. The molecule has 6 nitrogen and oxygen atoms in total. The summed E-state index contributed by atoms with van der Waals surface area (Å²) in [5.74, 6) is 0.409. The first-order valence-electron chi connectivity index (χ1n) is 5.57. The zero-order valence-corrected chi connectivity index (χ0v) is 10.8. The van der Waals surface area contributed by atoms with Crippen LogP contribution in [0.2, 0.25) is 5.02 Å². The van der Waals surface area contributed by atoms with Crippen LogP contribution in [0, 0.1) is 15.5 Å². The van der Waals surface area contributed by atoms with Gasteiger partial charge in [0.25, 0.3) is 5.69 Å². The van der Waals surface area contributed by atoms with Gasteiger partial charge in [0, 0.05) is 17.5 Å². The van der Waals surface area contributed by atoms with Gasteiger partial charge in [-0.15, -0.1) is 0 Å². The molecule has 1 aliphatic carbocycles. The lowest BCUT2D eigenvalue weighted by molar-refractivity contribution is -0.385. The Morgan fingerprint density at radius 2 is 2.33 bits per heavy atom. The number of pyridine rings is 1. The van der Waals surface area contributed by atoms with Gasteiger partial charge in [-0.2, -0.15) is 0 Å². The molecule has 1 heterocycles. The van der Waals surface area contributed by atoms with Crippen molar-refractivity contribution in [3.05, 3.63) is 27.4 Å². The van der Waals surface area contributed by atoms with Crippen LogP contribution in [0.3, 0.4) is 0 Å². The first kappa shape index (κ1) is 13.0. The second-order valence-electron chi connectivity index (χ2n) is 5.05. The van der Waals surface area contributed by atoms with Crippen LogP contribution in [0.15, 0.2) is 12.3 Å². The highest BCUT2D eigenvalue weighted by atomic mass is 35.5. The van der Waals surface area contributed by atoms with Crippen molar-refractivity contribution in [1.29, 1.82) is 0 Å². The lowest BCUT2D eigenvalue weighted by Crippen LogP contribution is -2.57. The summed E-state index contributed by atoms with van der Waals surface area (Å²) in [7, 11) is 0. The highest BCUT2D eigenvalue weighted by Crippen LogP contribution is 2.42. The van der Waals surface area contributed by atoms with E-state index in [4.69, 9.17) is 11.6 Å². The number of rotatable bonds is 3. The number of nitrogens with one attached hydrogen (secondary N) is 1. The summed E-state index contributed by atoms with van der Waals surface area (Å²) >= 11 is 5.94. The number of nitro groups is 1. The Labute approximate surface area is 109 Å². The molecular formula is C11H14ClN3O3. The molecule has 2 unspecified atom stereocenters. The highest BCUT2D eigenvalue weighted by Gasteiger charge is 2.47. The maximum Gasteiger partial charge on any atom is 0.289 e. The molecule has 1 aromatic heterocycles. The quantitative estimate of drug-likeness (QED) is 0.650. The molecule has 1 aliphatic rings. The molecule has 0 bridgehead atoms. The second-order valence-corrected chi connectivity index (χ2v) is 5.46. The number of aromatic nitrogens is 1. The normalized spacial score (nSPS) is 25.3. The summed E-state index contributed by atoms with van der Waals surface area (Å²) in [4.78, 5) is 14.0. The molecule has 98 valence electrons. The van der Waals surface area contributed by atoms with Crippen molar-refractivity contribution in [2.45, 2.75) is 32.4 Å². The van der Waals surface area contributed by atoms with Crippen LogP contribution in [-0.2, 0) is 0 Å². The number of halogens is 1. The molecule has 1 aromatic rings. The summed E-state index contributed by atoms with van der Waals surface area (Å²) in [5, 5.41) is 23.5. The summed E-state index contributed by atoms with van der Waals surface area (Å²) in [6, 6.07) is 1.32. The summed E-state index contributed by atoms with van der Waals surface area (Å²) in [6.45, 7) is 3.89. The van der Waals surface area contributed by atoms with E-state index in [1.165, 1.54) is 6.07 Å². The van der Waals surface area contributed by atoms with Crippen molar-refractivity contribution in [2.24, 2.45) is 5.41 Å².